The van der Waals surface area contributed by atoms with E-state index in [4.69, 9.17) is 11.6 Å². The van der Waals surface area contributed by atoms with Crippen molar-refractivity contribution in [3.63, 3.8) is 0 Å². The molecule has 0 aromatic carbocycles. The quantitative estimate of drug-likeness (QED) is 0.714. The minimum Gasteiger partial charge on any atom is -0.353 e. The monoisotopic (exact) mass is 275 g/mol. The number of amides is 1. The molecule has 1 fully saturated rings. The van der Waals surface area contributed by atoms with Crippen molar-refractivity contribution in [2.45, 2.75) is 6.42 Å². The largest absolute Gasteiger partial charge is 0.353 e. The van der Waals surface area contributed by atoms with Crippen LogP contribution in [0.1, 0.15) is 6.42 Å². The average molecular weight is 276 g/mol. The van der Waals surface area contributed by atoms with Gasteiger partial charge in [0.2, 0.25) is 0 Å². The zero-order valence-electron chi connectivity index (χ0n) is 10.0. The van der Waals surface area contributed by atoms with Crippen LogP contribution in [0.4, 0.5) is 11.5 Å². The van der Waals surface area contributed by atoms with Crippen LogP contribution in [0, 0.1) is 0 Å². The van der Waals surface area contributed by atoms with Crippen LogP contribution in [0.25, 0.3) is 0 Å². The molecule has 7 heteroatoms. The molecule has 0 atom stereocenters. The Morgan fingerprint density at radius 2 is 2.05 bits per heavy atom. The van der Waals surface area contributed by atoms with Crippen LogP contribution >= 0.6 is 11.6 Å². The lowest BCUT2D eigenvalue weighted by atomic mass is 10.2. The lowest BCUT2D eigenvalue weighted by Crippen LogP contribution is -2.51. The summed E-state index contributed by atoms with van der Waals surface area (Å²) in [6, 6.07) is 1.77. The van der Waals surface area contributed by atoms with Crippen molar-refractivity contribution < 1.29 is 4.79 Å². The number of hydrogen-bond acceptors (Lipinski definition) is 5. The summed E-state index contributed by atoms with van der Waals surface area (Å²) < 4.78 is 0. The second-order valence-corrected chi connectivity index (χ2v) is 5.12. The first kappa shape index (κ1) is 10.9. The first-order valence-corrected chi connectivity index (χ1v) is 6.49. The fourth-order valence-corrected chi connectivity index (χ4v) is 2.54. The maximum absolute atomic E-state index is 11.6. The van der Waals surface area contributed by atoms with Gasteiger partial charge in [0.15, 0.2) is 17.5 Å². The Hall–Kier alpha value is -1.95. The molecule has 1 saturated heterocycles. The highest BCUT2D eigenvalue weighted by Gasteiger charge is 2.37. The number of carbonyl (C=O) groups is 1. The molecule has 19 heavy (non-hydrogen) atoms. The molecule has 1 amide bonds. The third-order valence-corrected chi connectivity index (χ3v) is 3.66. The second-order valence-electron chi connectivity index (χ2n) is 4.69. The summed E-state index contributed by atoms with van der Waals surface area (Å²) in [5, 5.41) is 0.528. The number of fused-ring (bicyclic) bond motifs is 3. The van der Waals surface area contributed by atoms with Gasteiger partial charge in [0.1, 0.15) is 6.54 Å². The van der Waals surface area contributed by atoms with Gasteiger partial charge in [-0.05, 0) is 12.5 Å². The third kappa shape index (κ3) is 1.56. The fourth-order valence-electron chi connectivity index (χ4n) is 2.39. The van der Waals surface area contributed by atoms with E-state index in [0.717, 1.165) is 31.0 Å². The molecule has 4 rings (SSSR count). The molecule has 6 nitrogen and oxygen atoms in total. The van der Waals surface area contributed by atoms with E-state index in [0.29, 0.717) is 16.7 Å². The number of halogens is 1. The Kier molecular flexibility index (Phi) is 2.17. The number of amidine groups is 2. The molecule has 0 bridgehead atoms. The highest BCUT2D eigenvalue weighted by Crippen LogP contribution is 2.35. The summed E-state index contributed by atoms with van der Waals surface area (Å²) in [6.45, 7) is 2.13. The van der Waals surface area contributed by atoms with E-state index in [2.05, 4.69) is 19.9 Å². The van der Waals surface area contributed by atoms with Gasteiger partial charge in [-0.1, -0.05) is 11.6 Å². The third-order valence-electron chi connectivity index (χ3n) is 3.45. The molecule has 1 aromatic rings. The lowest BCUT2D eigenvalue weighted by molar-refractivity contribution is -0.115. The van der Waals surface area contributed by atoms with Gasteiger partial charge in [-0.2, -0.15) is 4.99 Å². The van der Waals surface area contributed by atoms with Crippen molar-refractivity contribution in [3.8, 4) is 0 Å². The van der Waals surface area contributed by atoms with Gasteiger partial charge in [0.25, 0.3) is 5.91 Å². The highest BCUT2D eigenvalue weighted by atomic mass is 35.5. The van der Waals surface area contributed by atoms with E-state index >= 15 is 0 Å². The molecule has 0 spiro atoms. The van der Waals surface area contributed by atoms with Crippen LogP contribution in [0.15, 0.2) is 22.2 Å². The molecule has 0 aliphatic carbocycles. The second kappa shape index (κ2) is 3.77. The van der Waals surface area contributed by atoms with Crippen LogP contribution in [0.2, 0.25) is 5.02 Å². The number of carbonyl (C=O) groups excluding carboxylic acids is 1. The summed E-state index contributed by atoms with van der Waals surface area (Å²) >= 11 is 5.97. The molecule has 3 aliphatic rings. The van der Waals surface area contributed by atoms with Crippen molar-refractivity contribution in [1.82, 2.24) is 9.88 Å². The maximum Gasteiger partial charge on any atom is 0.267 e. The van der Waals surface area contributed by atoms with E-state index in [9.17, 15) is 4.79 Å². The van der Waals surface area contributed by atoms with Crippen LogP contribution < -0.4 is 4.90 Å². The topological polar surface area (TPSA) is 61.2 Å². The van der Waals surface area contributed by atoms with Crippen LogP contribution in [-0.4, -0.2) is 47.1 Å². The predicted molar refractivity (Wildman–Crippen MR) is 72.3 cm³/mol. The van der Waals surface area contributed by atoms with Gasteiger partial charge in [-0.25, -0.2) is 9.98 Å². The van der Waals surface area contributed by atoms with Crippen LogP contribution in [-0.2, 0) is 4.79 Å². The summed E-state index contributed by atoms with van der Waals surface area (Å²) in [7, 11) is 0. The SMILES string of the molecule is O=C1CN2C(=N1)C(N1CCC1)=Nc1ncc(Cl)cc12. The summed E-state index contributed by atoms with van der Waals surface area (Å²) in [5.41, 5.74) is 0.751. The van der Waals surface area contributed by atoms with E-state index in [1.54, 1.807) is 12.3 Å². The normalized spacial score (nSPS) is 20.6. The van der Waals surface area contributed by atoms with Crippen molar-refractivity contribution in [2.24, 2.45) is 9.98 Å². The molecule has 4 heterocycles. The Labute approximate surface area is 114 Å². The summed E-state index contributed by atoms with van der Waals surface area (Å²) in [5.74, 6) is 1.82. The predicted octanol–water partition coefficient (Wildman–Crippen LogP) is 1.23. The molecule has 0 N–H and O–H groups in total. The number of aliphatic imine (C=N–C) groups is 2. The molecule has 0 saturated carbocycles. The van der Waals surface area contributed by atoms with Gasteiger partial charge < -0.3 is 9.80 Å². The number of pyridine rings is 1. The Morgan fingerprint density at radius 3 is 2.79 bits per heavy atom. The Morgan fingerprint density at radius 1 is 1.21 bits per heavy atom. The van der Waals surface area contributed by atoms with Gasteiger partial charge in [0, 0.05) is 19.3 Å². The first-order valence-electron chi connectivity index (χ1n) is 6.11. The zero-order chi connectivity index (χ0) is 13.0. The summed E-state index contributed by atoms with van der Waals surface area (Å²) in [6.07, 6.45) is 2.71. The highest BCUT2D eigenvalue weighted by molar-refractivity contribution is 6.50. The van der Waals surface area contributed by atoms with E-state index in [1.165, 1.54) is 0 Å². The van der Waals surface area contributed by atoms with Crippen molar-refractivity contribution >= 4 is 40.7 Å². The molecule has 3 aliphatic heterocycles. The fraction of sp³-hybridized carbons (Fsp3) is 0.333. The van der Waals surface area contributed by atoms with Gasteiger partial charge in [0.05, 0.1) is 10.7 Å². The van der Waals surface area contributed by atoms with Gasteiger partial charge in [-0.3, -0.25) is 4.79 Å². The number of rotatable bonds is 0. The minimum atomic E-state index is -0.156. The smallest absolute Gasteiger partial charge is 0.267 e. The standard InChI is InChI=1S/C12H10ClN5O/c13-7-4-8-10(14-5-7)16-11(17-2-1-3-17)12-15-9(19)6-18(8)12/h4-5H,1-3,6H2. The van der Waals surface area contributed by atoms with Crippen LogP contribution in [0.5, 0.6) is 0 Å². The number of nitrogens with zero attached hydrogens (tertiary/aromatic N) is 5. The number of likely N-dealkylation sites (tertiary alicyclic amines) is 1. The average Bonchev–Trinajstić information content (AvgIpc) is 2.70. The minimum absolute atomic E-state index is 0.156. The Bertz CT molecular complexity index is 650. The van der Waals surface area contributed by atoms with Crippen molar-refractivity contribution in [3.05, 3.63) is 17.3 Å². The number of aromatic nitrogens is 1. The van der Waals surface area contributed by atoms with E-state index < -0.39 is 0 Å². The van der Waals surface area contributed by atoms with Gasteiger partial charge >= 0.3 is 0 Å². The Balaban J connectivity index is 1.89. The lowest BCUT2D eigenvalue weighted by Gasteiger charge is -2.37. The van der Waals surface area contributed by atoms with E-state index in [1.807, 2.05) is 4.90 Å². The molecular weight excluding hydrogens is 266 g/mol. The van der Waals surface area contributed by atoms with E-state index in [-0.39, 0.29) is 12.5 Å². The summed E-state index contributed by atoms with van der Waals surface area (Å²) in [4.78, 5) is 28.4. The van der Waals surface area contributed by atoms with Crippen molar-refractivity contribution in [2.75, 3.05) is 24.5 Å². The van der Waals surface area contributed by atoms with Gasteiger partial charge in [-0.15, -0.1) is 0 Å². The molecule has 0 radical (unpaired) electrons. The molecule has 0 unspecified atom stereocenters. The zero-order valence-corrected chi connectivity index (χ0v) is 10.8. The van der Waals surface area contributed by atoms with Crippen molar-refractivity contribution in [1.29, 1.82) is 0 Å². The number of hydrogen-bond donors (Lipinski definition) is 0. The molecule has 96 valence electrons. The molecular formula is C12H10ClN5O. The number of anilines is 1. The molecule has 1 aromatic heterocycles. The first-order chi connectivity index (χ1) is 9.22. The maximum atomic E-state index is 11.6. The van der Waals surface area contributed by atoms with Crippen LogP contribution in [0.3, 0.4) is 0 Å².